The quantitative estimate of drug-likeness (QED) is 0.667. The molecular formula is C12H18N2O2. The van der Waals surface area contributed by atoms with Gasteiger partial charge in [-0.25, -0.2) is 0 Å². The Balaban J connectivity index is 2.84. The van der Waals surface area contributed by atoms with Crippen LogP contribution in [0.15, 0.2) is 18.2 Å². The number of carbonyl (C=O) groups is 1. The Labute approximate surface area is 95.5 Å². The molecule has 1 atom stereocenters. The van der Waals surface area contributed by atoms with Gasteiger partial charge in [0.05, 0.1) is 18.2 Å². The molecule has 0 aliphatic rings. The molecule has 4 nitrogen and oxygen atoms in total. The molecule has 1 amide bonds. The molecular weight excluding hydrogens is 204 g/mol. The molecule has 0 fully saturated rings. The van der Waals surface area contributed by atoms with Gasteiger partial charge in [0.25, 0.3) is 5.91 Å². The molecule has 0 saturated carbocycles. The number of nitrogen functional groups attached to an aromatic ring is 1. The van der Waals surface area contributed by atoms with E-state index in [1.807, 2.05) is 19.9 Å². The van der Waals surface area contributed by atoms with Crippen LogP contribution in [0.1, 0.15) is 29.3 Å². The summed E-state index contributed by atoms with van der Waals surface area (Å²) >= 11 is 0. The maximum Gasteiger partial charge on any atom is 0.253 e. The molecule has 4 N–H and O–H groups in total. The Morgan fingerprint density at radius 1 is 1.56 bits per heavy atom. The van der Waals surface area contributed by atoms with E-state index < -0.39 is 0 Å². The van der Waals surface area contributed by atoms with Crippen LogP contribution in [0.3, 0.4) is 0 Å². The van der Waals surface area contributed by atoms with E-state index >= 15 is 0 Å². The van der Waals surface area contributed by atoms with Crippen molar-refractivity contribution in [2.24, 2.45) is 0 Å². The van der Waals surface area contributed by atoms with Gasteiger partial charge in [0.15, 0.2) is 0 Å². The van der Waals surface area contributed by atoms with Gasteiger partial charge in [0.2, 0.25) is 0 Å². The van der Waals surface area contributed by atoms with Crippen LogP contribution >= 0.6 is 0 Å². The zero-order valence-corrected chi connectivity index (χ0v) is 9.66. The van der Waals surface area contributed by atoms with E-state index in [0.29, 0.717) is 17.7 Å². The lowest BCUT2D eigenvalue weighted by atomic mass is 10.1. The summed E-state index contributed by atoms with van der Waals surface area (Å²) in [5.41, 5.74) is 7.66. The Hall–Kier alpha value is -1.55. The van der Waals surface area contributed by atoms with Crippen molar-refractivity contribution in [3.05, 3.63) is 29.3 Å². The third-order valence-corrected chi connectivity index (χ3v) is 2.62. The van der Waals surface area contributed by atoms with Crippen molar-refractivity contribution in [3.8, 4) is 0 Å². The second-order valence-electron chi connectivity index (χ2n) is 3.80. The number of rotatable bonds is 4. The third-order valence-electron chi connectivity index (χ3n) is 2.62. The number of nitrogens with one attached hydrogen (secondary N) is 1. The average Bonchev–Trinajstić information content (AvgIpc) is 2.29. The summed E-state index contributed by atoms with van der Waals surface area (Å²) in [6, 6.07) is 5.12. The van der Waals surface area contributed by atoms with Gasteiger partial charge >= 0.3 is 0 Å². The first kappa shape index (κ1) is 12.5. The minimum atomic E-state index is -0.234. The maximum atomic E-state index is 11.8. The number of para-hydroxylation sites is 1. The van der Waals surface area contributed by atoms with Crippen LogP contribution < -0.4 is 11.1 Å². The van der Waals surface area contributed by atoms with Crippen LogP contribution in [-0.4, -0.2) is 23.7 Å². The molecule has 0 saturated heterocycles. The molecule has 1 aromatic rings. The fourth-order valence-electron chi connectivity index (χ4n) is 1.42. The first-order valence-corrected chi connectivity index (χ1v) is 5.37. The fourth-order valence-corrected chi connectivity index (χ4v) is 1.42. The minimum absolute atomic E-state index is 0.0615. The van der Waals surface area contributed by atoms with Crippen molar-refractivity contribution in [2.45, 2.75) is 26.3 Å². The molecule has 0 bridgehead atoms. The van der Waals surface area contributed by atoms with Gasteiger partial charge in [-0.05, 0) is 25.0 Å². The number of aliphatic hydroxyl groups excluding tert-OH is 1. The third kappa shape index (κ3) is 2.73. The Kier molecular flexibility index (Phi) is 4.31. The highest BCUT2D eigenvalue weighted by molar-refractivity contribution is 5.99. The number of nitrogens with two attached hydrogens (primary N) is 1. The molecule has 0 radical (unpaired) electrons. The van der Waals surface area contributed by atoms with Crippen molar-refractivity contribution < 1.29 is 9.90 Å². The molecule has 0 heterocycles. The van der Waals surface area contributed by atoms with Crippen LogP contribution in [-0.2, 0) is 0 Å². The number of amides is 1. The Morgan fingerprint density at radius 3 is 2.81 bits per heavy atom. The van der Waals surface area contributed by atoms with E-state index in [4.69, 9.17) is 10.8 Å². The fraction of sp³-hybridized carbons (Fsp3) is 0.417. The summed E-state index contributed by atoms with van der Waals surface area (Å²) in [5, 5.41) is 11.7. The largest absolute Gasteiger partial charge is 0.398 e. The lowest BCUT2D eigenvalue weighted by molar-refractivity contribution is 0.0916. The van der Waals surface area contributed by atoms with Crippen LogP contribution in [0.2, 0.25) is 0 Å². The molecule has 88 valence electrons. The van der Waals surface area contributed by atoms with Gasteiger partial charge in [-0.1, -0.05) is 19.1 Å². The summed E-state index contributed by atoms with van der Waals surface area (Å²) in [6.45, 7) is 3.70. The molecule has 0 spiro atoms. The van der Waals surface area contributed by atoms with Crippen molar-refractivity contribution in [3.63, 3.8) is 0 Å². The van der Waals surface area contributed by atoms with Crippen molar-refractivity contribution in [1.29, 1.82) is 0 Å². The van der Waals surface area contributed by atoms with Gasteiger partial charge < -0.3 is 16.2 Å². The SMILES string of the molecule is CCC(CO)NC(=O)c1cccc(C)c1N. The topological polar surface area (TPSA) is 75.3 Å². The molecule has 4 heteroatoms. The van der Waals surface area contributed by atoms with E-state index in [2.05, 4.69) is 5.32 Å². The number of aliphatic hydroxyl groups is 1. The lowest BCUT2D eigenvalue weighted by Gasteiger charge is -2.15. The van der Waals surface area contributed by atoms with E-state index in [1.165, 1.54) is 0 Å². The summed E-state index contributed by atoms with van der Waals surface area (Å²) in [6.07, 6.45) is 0.688. The van der Waals surface area contributed by atoms with Crippen LogP contribution in [0.4, 0.5) is 5.69 Å². The molecule has 16 heavy (non-hydrogen) atoms. The van der Waals surface area contributed by atoms with Gasteiger partial charge in [-0.15, -0.1) is 0 Å². The predicted molar refractivity (Wildman–Crippen MR) is 64.2 cm³/mol. The predicted octanol–water partition coefficient (Wildman–Crippen LogP) is 1.08. The number of anilines is 1. The average molecular weight is 222 g/mol. The lowest BCUT2D eigenvalue weighted by Crippen LogP contribution is -2.37. The van der Waals surface area contributed by atoms with Crippen LogP contribution in [0, 0.1) is 6.92 Å². The summed E-state index contributed by atoms with van der Waals surface area (Å²) in [7, 11) is 0. The normalized spacial score (nSPS) is 12.2. The van der Waals surface area contributed by atoms with E-state index in [9.17, 15) is 4.79 Å². The molecule has 1 rings (SSSR count). The maximum absolute atomic E-state index is 11.8. The molecule has 0 aromatic heterocycles. The number of hydrogen-bond donors (Lipinski definition) is 3. The van der Waals surface area contributed by atoms with E-state index in [-0.39, 0.29) is 18.6 Å². The smallest absolute Gasteiger partial charge is 0.253 e. The van der Waals surface area contributed by atoms with Crippen LogP contribution in [0.5, 0.6) is 0 Å². The molecule has 0 aliphatic heterocycles. The standard InChI is InChI=1S/C12H18N2O2/c1-3-9(7-15)14-12(16)10-6-4-5-8(2)11(10)13/h4-6,9,15H,3,7,13H2,1-2H3,(H,14,16). The highest BCUT2D eigenvalue weighted by Gasteiger charge is 2.14. The summed E-state index contributed by atoms with van der Waals surface area (Å²) < 4.78 is 0. The number of aryl methyl sites for hydroxylation is 1. The van der Waals surface area contributed by atoms with Crippen molar-refractivity contribution in [2.75, 3.05) is 12.3 Å². The monoisotopic (exact) mass is 222 g/mol. The van der Waals surface area contributed by atoms with Gasteiger partial charge in [0, 0.05) is 5.69 Å². The molecule has 1 aromatic carbocycles. The van der Waals surface area contributed by atoms with Gasteiger partial charge in [0.1, 0.15) is 0 Å². The highest BCUT2D eigenvalue weighted by atomic mass is 16.3. The first-order chi connectivity index (χ1) is 7.60. The zero-order valence-electron chi connectivity index (χ0n) is 9.66. The van der Waals surface area contributed by atoms with E-state index in [0.717, 1.165) is 5.56 Å². The van der Waals surface area contributed by atoms with E-state index in [1.54, 1.807) is 12.1 Å². The number of hydrogen-bond acceptors (Lipinski definition) is 3. The van der Waals surface area contributed by atoms with Gasteiger partial charge in [-0.2, -0.15) is 0 Å². The Morgan fingerprint density at radius 2 is 2.25 bits per heavy atom. The van der Waals surface area contributed by atoms with Crippen LogP contribution in [0.25, 0.3) is 0 Å². The number of carbonyl (C=O) groups excluding carboxylic acids is 1. The molecule has 1 unspecified atom stereocenters. The number of benzene rings is 1. The van der Waals surface area contributed by atoms with Crippen molar-refractivity contribution in [1.82, 2.24) is 5.32 Å². The highest BCUT2D eigenvalue weighted by Crippen LogP contribution is 2.16. The zero-order chi connectivity index (χ0) is 12.1. The second kappa shape index (κ2) is 5.51. The molecule has 0 aliphatic carbocycles. The second-order valence-corrected chi connectivity index (χ2v) is 3.80. The summed E-state index contributed by atoms with van der Waals surface area (Å²) in [4.78, 5) is 11.8. The summed E-state index contributed by atoms with van der Waals surface area (Å²) in [5.74, 6) is -0.234. The van der Waals surface area contributed by atoms with Gasteiger partial charge in [-0.3, -0.25) is 4.79 Å². The van der Waals surface area contributed by atoms with Crippen molar-refractivity contribution >= 4 is 11.6 Å². The minimum Gasteiger partial charge on any atom is -0.398 e. The first-order valence-electron chi connectivity index (χ1n) is 5.37. The Bertz CT molecular complexity index is 373.